The predicted molar refractivity (Wildman–Crippen MR) is 91.9 cm³/mol. The highest BCUT2D eigenvalue weighted by Crippen LogP contribution is 2.28. The third-order valence-electron chi connectivity index (χ3n) is 4.07. The van der Waals surface area contributed by atoms with Crippen LogP contribution in [0.2, 0.25) is 0 Å². The molecule has 0 aromatic heterocycles. The van der Waals surface area contributed by atoms with Crippen molar-refractivity contribution in [3.05, 3.63) is 35.4 Å². The Morgan fingerprint density at radius 2 is 1.64 bits per heavy atom. The molecular formula is C16H22Cl3N2O+. The third kappa shape index (κ3) is 5.02. The maximum absolute atomic E-state index is 12.4. The number of rotatable bonds is 3. The standard InChI is InChI=1S/C16H21Cl3N2O/c1-12-6-8-13(9-7-12)14(22)20-15(16(17,18)19)21-10-4-2-3-5-11-21/h6-9,15H,2-5,10-11H2,1H3,(H,20,22)/p+1/t15-/m0/s1. The number of carbonyl (C=O) groups is 1. The summed E-state index contributed by atoms with van der Waals surface area (Å²) in [6, 6.07) is 7.38. The number of aryl methyl sites for hydroxylation is 1. The maximum atomic E-state index is 12.4. The molecule has 1 aromatic rings. The first-order chi connectivity index (χ1) is 10.4. The Morgan fingerprint density at radius 3 is 2.14 bits per heavy atom. The summed E-state index contributed by atoms with van der Waals surface area (Å²) in [7, 11) is 0. The van der Waals surface area contributed by atoms with Crippen molar-refractivity contribution in [2.75, 3.05) is 13.1 Å². The molecule has 6 heteroatoms. The van der Waals surface area contributed by atoms with Gasteiger partial charge in [0.2, 0.25) is 6.17 Å². The molecule has 2 rings (SSSR count). The Morgan fingerprint density at radius 1 is 1.09 bits per heavy atom. The molecule has 0 unspecified atom stereocenters. The van der Waals surface area contributed by atoms with Crippen LogP contribution in [-0.4, -0.2) is 29.0 Å². The molecule has 1 saturated heterocycles. The molecule has 0 aliphatic carbocycles. The number of likely N-dealkylation sites (tertiary alicyclic amines) is 1. The molecule has 22 heavy (non-hydrogen) atoms. The highest BCUT2D eigenvalue weighted by Gasteiger charge is 2.42. The minimum Gasteiger partial charge on any atom is -0.312 e. The first kappa shape index (κ1) is 17.9. The molecule has 1 aromatic carbocycles. The zero-order valence-electron chi connectivity index (χ0n) is 12.7. The van der Waals surface area contributed by atoms with Crippen molar-refractivity contribution < 1.29 is 9.69 Å². The monoisotopic (exact) mass is 363 g/mol. The Bertz CT molecular complexity index is 491. The second kappa shape index (κ2) is 7.87. The van der Waals surface area contributed by atoms with E-state index < -0.39 is 9.96 Å². The number of nitrogens with one attached hydrogen (secondary N) is 2. The van der Waals surface area contributed by atoms with Crippen LogP contribution in [0.25, 0.3) is 0 Å². The Balaban J connectivity index is 2.12. The molecular weight excluding hydrogens is 343 g/mol. The van der Waals surface area contributed by atoms with Crippen LogP contribution in [0.4, 0.5) is 0 Å². The summed E-state index contributed by atoms with van der Waals surface area (Å²) < 4.78 is -1.53. The molecule has 1 amide bonds. The number of hydrogen-bond donors (Lipinski definition) is 2. The lowest BCUT2D eigenvalue weighted by atomic mass is 10.1. The molecule has 1 aliphatic heterocycles. The molecule has 1 aliphatic rings. The van der Waals surface area contributed by atoms with Crippen LogP contribution in [0, 0.1) is 6.92 Å². The van der Waals surface area contributed by atoms with E-state index in [1.54, 1.807) is 12.1 Å². The zero-order chi connectivity index (χ0) is 16.2. The number of halogens is 3. The summed E-state index contributed by atoms with van der Waals surface area (Å²) in [6.45, 7) is 3.80. The maximum Gasteiger partial charge on any atom is 0.262 e. The van der Waals surface area contributed by atoms with Gasteiger partial charge in [-0.25, -0.2) is 0 Å². The van der Waals surface area contributed by atoms with Gasteiger partial charge in [0, 0.05) is 5.56 Å². The summed E-state index contributed by atoms with van der Waals surface area (Å²) in [5.74, 6) is -0.201. The molecule has 3 nitrogen and oxygen atoms in total. The van der Waals surface area contributed by atoms with E-state index in [4.69, 9.17) is 34.8 Å². The van der Waals surface area contributed by atoms with Gasteiger partial charge in [0.1, 0.15) is 0 Å². The Kier molecular flexibility index (Phi) is 6.39. The van der Waals surface area contributed by atoms with Crippen LogP contribution in [0.15, 0.2) is 24.3 Å². The van der Waals surface area contributed by atoms with E-state index in [9.17, 15) is 4.79 Å². The lowest BCUT2D eigenvalue weighted by Crippen LogP contribution is -3.19. The number of quaternary nitrogens is 1. The summed E-state index contributed by atoms with van der Waals surface area (Å²) >= 11 is 18.4. The van der Waals surface area contributed by atoms with Crippen molar-refractivity contribution >= 4 is 40.7 Å². The number of carbonyl (C=O) groups excluding carboxylic acids is 1. The molecule has 1 heterocycles. The van der Waals surface area contributed by atoms with E-state index in [1.807, 2.05) is 19.1 Å². The minimum absolute atomic E-state index is 0.201. The van der Waals surface area contributed by atoms with Crippen LogP contribution in [0.3, 0.4) is 0 Å². The van der Waals surface area contributed by atoms with Crippen LogP contribution in [0.5, 0.6) is 0 Å². The third-order valence-corrected chi connectivity index (χ3v) is 4.73. The lowest BCUT2D eigenvalue weighted by Gasteiger charge is -2.32. The van der Waals surface area contributed by atoms with Gasteiger partial charge in [-0.15, -0.1) is 0 Å². The highest BCUT2D eigenvalue weighted by atomic mass is 35.6. The summed E-state index contributed by atoms with van der Waals surface area (Å²) in [5.41, 5.74) is 1.69. The fraction of sp³-hybridized carbons (Fsp3) is 0.562. The second-order valence-corrected chi connectivity index (χ2v) is 8.26. The van der Waals surface area contributed by atoms with Crippen molar-refractivity contribution in [2.45, 2.75) is 42.6 Å². The van der Waals surface area contributed by atoms with Gasteiger partial charge in [-0.05, 0) is 44.7 Å². The van der Waals surface area contributed by atoms with Crippen molar-refractivity contribution in [3.63, 3.8) is 0 Å². The van der Waals surface area contributed by atoms with Crippen molar-refractivity contribution in [3.8, 4) is 0 Å². The average molecular weight is 365 g/mol. The van der Waals surface area contributed by atoms with E-state index in [-0.39, 0.29) is 5.91 Å². The van der Waals surface area contributed by atoms with Crippen molar-refractivity contribution in [1.82, 2.24) is 5.32 Å². The van der Waals surface area contributed by atoms with Crippen LogP contribution < -0.4 is 10.2 Å². The van der Waals surface area contributed by atoms with Gasteiger partial charge in [0.05, 0.1) is 13.1 Å². The molecule has 0 saturated carbocycles. The molecule has 0 bridgehead atoms. The van der Waals surface area contributed by atoms with Gasteiger partial charge in [-0.2, -0.15) is 0 Å². The number of alkyl halides is 3. The average Bonchev–Trinajstić information content (AvgIpc) is 2.73. The molecule has 1 atom stereocenters. The second-order valence-electron chi connectivity index (χ2n) is 5.89. The fourth-order valence-corrected chi connectivity index (χ4v) is 3.43. The molecule has 0 radical (unpaired) electrons. The van der Waals surface area contributed by atoms with Crippen molar-refractivity contribution in [2.24, 2.45) is 0 Å². The molecule has 1 fully saturated rings. The normalized spacial score (nSPS) is 18.5. The van der Waals surface area contributed by atoms with Crippen LogP contribution in [-0.2, 0) is 0 Å². The van der Waals surface area contributed by atoms with Crippen LogP contribution in [0.1, 0.15) is 41.6 Å². The zero-order valence-corrected chi connectivity index (χ0v) is 14.9. The Labute approximate surface area is 146 Å². The summed E-state index contributed by atoms with van der Waals surface area (Å²) in [6.07, 6.45) is 4.04. The smallest absolute Gasteiger partial charge is 0.262 e. The molecule has 0 spiro atoms. The predicted octanol–water partition coefficient (Wildman–Crippen LogP) is 2.88. The largest absolute Gasteiger partial charge is 0.312 e. The first-order valence-electron chi connectivity index (χ1n) is 7.67. The summed E-state index contributed by atoms with van der Waals surface area (Å²) in [4.78, 5) is 13.6. The summed E-state index contributed by atoms with van der Waals surface area (Å²) in [5, 5.41) is 2.92. The minimum atomic E-state index is -1.53. The quantitative estimate of drug-likeness (QED) is 0.795. The fourth-order valence-electron chi connectivity index (χ4n) is 2.81. The van der Waals surface area contributed by atoms with Crippen molar-refractivity contribution in [1.29, 1.82) is 0 Å². The van der Waals surface area contributed by atoms with Gasteiger partial charge >= 0.3 is 0 Å². The first-order valence-corrected chi connectivity index (χ1v) is 8.80. The lowest BCUT2D eigenvalue weighted by molar-refractivity contribution is -0.926. The van der Waals surface area contributed by atoms with E-state index >= 15 is 0 Å². The van der Waals surface area contributed by atoms with E-state index in [2.05, 4.69) is 5.32 Å². The van der Waals surface area contributed by atoms with Gasteiger partial charge in [-0.3, -0.25) is 10.1 Å². The van der Waals surface area contributed by atoms with Gasteiger partial charge in [-0.1, -0.05) is 52.5 Å². The highest BCUT2D eigenvalue weighted by molar-refractivity contribution is 6.68. The van der Waals surface area contributed by atoms with Gasteiger partial charge in [0.15, 0.2) is 0 Å². The Hall–Kier alpha value is -0.480. The number of hydrogen-bond acceptors (Lipinski definition) is 1. The SMILES string of the molecule is Cc1ccc(C(=O)N[C@@H]([NH+]2CCCCCC2)C(Cl)(Cl)Cl)cc1. The van der Waals surface area contributed by atoms with Crippen LogP contribution >= 0.6 is 34.8 Å². The number of benzene rings is 1. The van der Waals surface area contributed by atoms with E-state index in [0.717, 1.165) is 36.4 Å². The van der Waals surface area contributed by atoms with E-state index in [0.29, 0.717) is 5.56 Å². The molecule has 2 N–H and O–H groups in total. The van der Waals surface area contributed by atoms with E-state index in [1.165, 1.54) is 12.8 Å². The topological polar surface area (TPSA) is 33.5 Å². The molecule has 122 valence electrons. The van der Waals surface area contributed by atoms with Gasteiger partial charge in [0.25, 0.3) is 9.70 Å². The number of amides is 1. The van der Waals surface area contributed by atoms with Gasteiger partial charge < -0.3 is 4.90 Å².